The van der Waals surface area contributed by atoms with E-state index in [4.69, 9.17) is 9.47 Å². The molecular formula is C35H45N5O8S. The summed E-state index contributed by atoms with van der Waals surface area (Å²) in [5, 5.41) is 5.77. The van der Waals surface area contributed by atoms with Crippen molar-refractivity contribution >= 4 is 44.7 Å². The zero-order valence-corrected chi connectivity index (χ0v) is 29.0. The van der Waals surface area contributed by atoms with Gasteiger partial charge in [-0.25, -0.2) is 13.2 Å². The molecule has 0 spiro atoms. The molecule has 1 aromatic heterocycles. The minimum atomic E-state index is -3.87. The van der Waals surface area contributed by atoms with Crippen LogP contribution in [0.1, 0.15) is 78.6 Å². The number of pyridine rings is 1. The van der Waals surface area contributed by atoms with Crippen molar-refractivity contribution in [3.05, 3.63) is 48.7 Å². The Bertz CT molecular complexity index is 1750. The van der Waals surface area contributed by atoms with Crippen LogP contribution in [0.25, 0.3) is 10.9 Å². The molecule has 0 bridgehead atoms. The summed E-state index contributed by atoms with van der Waals surface area (Å²) in [6, 6.07) is 7.17. The van der Waals surface area contributed by atoms with Crippen molar-refractivity contribution < 1.29 is 37.1 Å². The number of amides is 4. The zero-order valence-electron chi connectivity index (χ0n) is 28.1. The lowest BCUT2D eigenvalue weighted by Crippen LogP contribution is -2.58. The van der Waals surface area contributed by atoms with Gasteiger partial charge < -0.3 is 25.0 Å². The van der Waals surface area contributed by atoms with E-state index in [9.17, 15) is 27.6 Å². The fourth-order valence-corrected chi connectivity index (χ4v) is 8.01. The van der Waals surface area contributed by atoms with Gasteiger partial charge in [0.15, 0.2) is 0 Å². The first-order chi connectivity index (χ1) is 23.3. The average molecular weight is 696 g/mol. The van der Waals surface area contributed by atoms with Gasteiger partial charge in [-0.3, -0.25) is 24.1 Å². The van der Waals surface area contributed by atoms with Crippen LogP contribution in [-0.2, 0) is 29.1 Å². The maximum Gasteiger partial charge on any atom is 0.408 e. The van der Waals surface area contributed by atoms with E-state index in [-0.39, 0.29) is 19.4 Å². The maximum absolute atomic E-state index is 14.3. The molecule has 2 saturated carbocycles. The van der Waals surface area contributed by atoms with Gasteiger partial charge >= 0.3 is 6.09 Å². The van der Waals surface area contributed by atoms with E-state index in [1.165, 1.54) is 4.90 Å². The van der Waals surface area contributed by atoms with Crippen LogP contribution < -0.4 is 20.1 Å². The van der Waals surface area contributed by atoms with Gasteiger partial charge in [-0.2, -0.15) is 0 Å². The second kappa shape index (κ2) is 13.6. The highest BCUT2D eigenvalue weighted by Crippen LogP contribution is 2.46. The first-order valence-corrected chi connectivity index (χ1v) is 18.7. The molecule has 4 aliphatic rings. The molecule has 0 unspecified atom stereocenters. The third kappa shape index (κ3) is 8.00. The molecule has 3 fully saturated rings. The van der Waals surface area contributed by atoms with Crippen LogP contribution >= 0.6 is 0 Å². The van der Waals surface area contributed by atoms with Crippen LogP contribution in [0.5, 0.6) is 5.75 Å². The minimum absolute atomic E-state index is 0.0403. The Hall–Kier alpha value is -4.20. The van der Waals surface area contributed by atoms with Crippen molar-refractivity contribution in [3.8, 4) is 5.75 Å². The summed E-state index contributed by atoms with van der Waals surface area (Å²) < 4.78 is 39.6. The van der Waals surface area contributed by atoms with Crippen molar-refractivity contribution in [1.82, 2.24) is 25.2 Å². The number of fused-ring (bicyclic) bond motifs is 3. The van der Waals surface area contributed by atoms with Gasteiger partial charge in [0.25, 0.3) is 5.91 Å². The summed E-state index contributed by atoms with van der Waals surface area (Å²) in [5.41, 5.74) is -1.53. The van der Waals surface area contributed by atoms with Gasteiger partial charge in [0.1, 0.15) is 35.1 Å². The van der Waals surface area contributed by atoms with Gasteiger partial charge in [0, 0.05) is 23.9 Å². The number of hydrogen-bond acceptors (Lipinski definition) is 9. The van der Waals surface area contributed by atoms with Crippen LogP contribution in [-0.4, -0.2) is 83.2 Å². The Labute approximate surface area is 286 Å². The molecule has 3 N–H and O–H groups in total. The third-order valence-electron chi connectivity index (χ3n) is 9.44. The van der Waals surface area contributed by atoms with E-state index in [1.807, 2.05) is 36.4 Å². The van der Waals surface area contributed by atoms with Crippen LogP contribution in [0.3, 0.4) is 0 Å². The van der Waals surface area contributed by atoms with Crippen LogP contribution in [0.4, 0.5) is 4.79 Å². The number of rotatable bonds is 6. The molecule has 264 valence electrons. The van der Waals surface area contributed by atoms with E-state index in [1.54, 1.807) is 33.0 Å². The Balaban J connectivity index is 1.30. The monoisotopic (exact) mass is 695 g/mol. The Morgan fingerprint density at radius 2 is 1.84 bits per heavy atom. The second-order valence-corrected chi connectivity index (χ2v) is 16.5. The highest BCUT2D eigenvalue weighted by Gasteiger charge is 2.62. The highest BCUT2D eigenvalue weighted by molar-refractivity contribution is 7.91. The van der Waals surface area contributed by atoms with Gasteiger partial charge in [-0.1, -0.05) is 37.1 Å². The molecule has 49 heavy (non-hydrogen) atoms. The second-order valence-electron chi connectivity index (χ2n) is 14.5. The van der Waals surface area contributed by atoms with E-state index in [0.29, 0.717) is 37.9 Å². The minimum Gasteiger partial charge on any atom is -0.488 e. The van der Waals surface area contributed by atoms with E-state index in [0.717, 1.165) is 23.7 Å². The number of nitrogens with zero attached hydrogens (tertiary/aromatic N) is 2. The molecule has 14 heteroatoms. The molecule has 1 aromatic carbocycles. The summed E-state index contributed by atoms with van der Waals surface area (Å²) in [7, 11) is -3.87. The van der Waals surface area contributed by atoms with Crippen LogP contribution in [0.2, 0.25) is 0 Å². The van der Waals surface area contributed by atoms with Gasteiger partial charge in [-0.05, 0) is 77.5 Å². The topological polar surface area (TPSA) is 173 Å². The maximum atomic E-state index is 14.3. The summed E-state index contributed by atoms with van der Waals surface area (Å²) in [6.45, 7) is 5.24. The fraction of sp³-hybridized carbons (Fsp3) is 0.571. The van der Waals surface area contributed by atoms with Gasteiger partial charge in [0.2, 0.25) is 21.8 Å². The highest BCUT2D eigenvalue weighted by atomic mass is 32.2. The number of aromatic nitrogens is 1. The SMILES string of the molecule is CC(C)(C)OC(=O)N[C@H]1CCCCC/C=C\[C@@H]2C[C@@]2(C(=O)NS(=O)(=O)C2CC2)NC(=O)[C@@H]2C[C@@H](Oc3ccnc4ccccc34)CN2C1=O. The molecule has 2 aliphatic heterocycles. The fourth-order valence-electron chi connectivity index (χ4n) is 6.65. The first kappa shape index (κ1) is 34.7. The summed E-state index contributed by atoms with van der Waals surface area (Å²) in [4.78, 5) is 60.9. The quantitative estimate of drug-likeness (QED) is 0.383. The molecular weight excluding hydrogens is 650 g/mol. The van der Waals surface area contributed by atoms with Crippen LogP contribution in [0, 0.1) is 5.92 Å². The molecule has 13 nitrogen and oxygen atoms in total. The number of carbonyl (C=O) groups is 4. The molecule has 2 aromatic rings. The van der Waals surface area contributed by atoms with Gasteiger partial charge in [0.05, 0.1) is 17.3 Å². The van der Waals surface area contributed by atoms with Crippen molar-refractivity contribution in [3.63, 3.8) is 0 Å². The number of benzene rings is 1. The summed E-state index contributed by atoms with van der Waals surface area (Å²) >= 11 is 0. The largest absolute Gasteiger partial charge is 0.488 e. The lowest BCUT2D eigenvalue weighted by molar-refractivity contribution is -0.141. The van der Waals surface area contributed by atoms with Crippen LogP contribution in [0.15, 0.2) is 48.7 Å². The molecule has 0 radical (unpaired) electrons. The van der Waals surface area contributed by atoms with Crippen molar-refractivity contribution in [2.75, 3.05) is 6.54 Å². The number of sulfonamides is 1. The average Bonchev–Trinajstić information content (AvgIpc) is 3.96. The van der Waals surface area contributed by atoms with E-state index in [2.05, 4.69) is 20.3 Å². The first-order valence-electron chi connectivity index (χ1n) is 17.1. The number of ether oxygens (including phenoxy) is 2. The Morgan fingerprint density at radius 1 is 1.06 bits per heavy atom. The van der Waals surface area contributed by atoms with Gasteiger partial charge in [-0.15, -0.1) is 0 Å². The molecule has 4 amide bonds. The summed E-state index contributed by atoms with van der Waals surface area (Å²) in [5.74, 6) is -1.70. The smallest absolute Gasteiger partial charge is 0.408 e. The van der Waals surface area contributed by atoms with Crippen molar-refractivity contribution in [2.45, 2.75) is 113 Å². The molecule has 5 atom stereocenters. The number of carbonyl (C=O) groups excluding carboxylic acids is 4. The predicted molar refractivity (Wildman–Crippen MR) is 181 cm³/mol. The molecule has 3 heterocycles. The lowest BCUT2D eigenvalue weighted by atomic mass is 10.0. The standard InChI is InChI=1S/C35H45N5O8S/c1-34(2,3)48-33(44)37-27-14-8-6-4-5-7-11-22-20-35(22,32(43)39-49(45,46)24-15-16-24)38-30(41)28-19-23(21-40(28)31(27)42)47-29-17-18-36-26-13-10-9-12-25(26)29/h7,9-13,17-18,22-24,27-28H,4-6,8,14-16,19-21H2,1-3H3,(H,37,44)(H,38,41)(H,39,43)/b11-7-/t22-,23-,27+,28+,35-/m1/s1. The number of alkyl carbamates (subject to hydrolysis) is 1. The third-order valence-corrected chi connectivity index (χ3v) is 11.3. The number of hydrogen-bond donors (Lipinski definition) is 3. The number of para-hydroxylation sites is 1. The van der Waals surface area contributed by atoms with Crippen molar-refractivity contribution in [1.29, 1.82) is 0 Å². The normalized spacial score (nSPS) is 28.6. The Morgan fingerprint density at radius 3 is 2.59 bits per heavy atom. The molecule has 6 rings (SSSR count). The van der Waals surface area contributed by atoms with Crippen molar-refractivity contribution in [2.24, 2.45) is 5.92 Å². The predicted octanol–water partition coefficient (Wildman–Crippen LogP) is 3.48. The zero-order chi connectivity index (χ0) is 35.0. The summed E-state index contributed by atoms with van der Waals surface area (Å²) in [6.07, 6.45) is 8.67. The van der Waals surface area contributed by atoms with E-state index >= 15 is 0 Å². The molecule has 2 aliphatic carbocycles. The number of nitrogens with one attached hydrogen (secondary N) is 3. The lowest BCUT2D eigenvalue weighted by Gasteiger charge is -2.30. The van der Waals surface area contributed by atoms with E-state index < -0.39 is 74.3 Å². The Kier molecular flexibility index (Phi) is 9.62. The number of allylic oxidation sites excluding steroid dienone is 1. The molecule has 1 saturated heterocycles.